The van der Waals surface area contributed by atoms with Crippen molar-refractivity contribution in [3.63, 3.8) is 0 Å². The molecule has 0 unspecified atom stereocenters. The van der Waals surface area contributed by atoms with E-state index in [1.54, 1.807) is 0 Å². The fourth-order valence-corrected chi connectivity index (χ4v) is 5.29. The van der Waals surface area contributed by atoms with Crippen LogP contribution in [-0.4, -0.2) is 28.8 Å². The minimum atomic E-state index is -1.76. The van der Waals surface area contributed by atoms with Crippen LogP contribution in [-0.2, 0) is 8.85 Å². The van der Waals surface area contributed by atoms with E-state index >= 15 is 0 Å². The number of allylic oxidation sites excluding steroid dienone is 1. The molecule has 0 saturated carbocycles. The Morgan fingerprint density at radius 3 is 1.73 bits per heavy atom. The minimum Gasteiger partial charge on any atom is -0.414 e. The summed E-state index contributed by atoms with van der Waals surface area (Å²) in [5.74, 6) is 0. The molecule has 0 fully saturated rings. The molecule has 0 spiro atoms. The fraction of sp³-hybridized carbons (Fsp3) is 0.864. The van der Waals surface area contributed by atoms with Crippen molar-refractivity contribution >= 4 is 16.6 Å². The molecule has 4 heteroatoms. The molecule has 2 atom stereocenters. The maximum Gasteiger partial charge on any atom is 0.192 e. The Hall–Kier alpha value is -0.126. The van der Waals surface area contributed by atoms with Crippen molar-refractivity contribution in [2.75, 3.05) is 0 Å². The van der Waals surface area contributed by atoms with Crippen LogP contribution in [0.2, 0.25) is 36.3 Å². The lowest BCUT2D eigenvalue weighted by Gasteiger charge is -2.40. The standard InChI is InChI=1S/C22H46O2Si2/c1-13-14-15-16-20(24-26(11,12)22(6,7)8)18-17-19(2)23-25(9,10)21(3,4)5/h14,19-20H,1,15-18H2,2-12H3/t19-,20-/m1/s1. The number of rotatable bonds is 10. The van der Waals surface area contributed by atoms with Crippen LogP contribution in [0, 0.1) is 0 Å². The van der Waals surface area contributed by atoms with Gasteiger partial charge in [-0.1, -0.05) is 48.1 Å². The van der Waals surface area contributed by atoms with Crippen molar-refractivity contribution in [3.05, 3.63) is 18.4 Å². The average Bonchev–Trinajstić information content (AvgIpc) is 2.41. The lowest BCUT2D eigenvalue weighted by Crippen LogP contribution is -2.45. The highest BCUT2D eigenvalue weighted by atomic mass is 28.4. The first-order valence-electron chi connectivity index (χ1n) is 10.2. The highest BCUT2D eigenvalue weighted by Crippen LogP contribution is 2.39. The zero-order chi connectivity index (χ0) is 20.8. The number of hydrogen-bond donors (Lipinski definition) is 0. The van der Waals surface area contributed by atoms with Gasteiger partial charge in [0.05, 0.1) is 0 Å². The van der Waals surface area contributed by atoms with Crippen LogP contribution >= 0.6 is 0 Å². The van der Waals surface area contributed by atoms with Gasteiger partial charge in [0.2, 0.25) is 0 Å². The molecule has 0 amide bonds. The Morgan fingerprint density at radius 1 is 0.846 bits per heavy atom. The third-order valence-corrected chi connectivity index (χ3v) is 15.4. The van der Waals surface area contributed by atoms with Gasteiger partial charge in [-0.3, -0.25) is 0 Å². The van der Waals surface area contributed by atoms with Crippen molar-refractivity contribution in [1.82, 2.24) is 0 Å². The molecule has 0 aliphatic rings. The predicted octanol–water partition coefficient (Wildman–Crippen LogP) is 7.69. The highest BCUT2D eigenvalue weighted by molar-refractivity contribution is 6.74. The summed E-state index contributed by atoms with van der Waals surface area (Å²) in [6.07, 6.45) is 6.76. The maximum absolute atomic E-state index is 6.72. The molecular formula is C22H46O2Si2. The maximum atomic E-state index is 6.72. The van der Waals surface area contributed by atoms with E-state index in [1.807, 2.05) is 6.08 Å². The quantitative estimate of drug-likeness (QED) is 0.277. The SMILES string of the molecule is C=C=CCC[C@H](CC[C@@H](C)O[Si](C)(C)C(C)(C)C)O[Si](C)(C)C(C)(C)C. The third kappa shape index (κ3) is 8.71. The summed E-state index contributed by atoms with van der Waals surface area (Å²) in [4.78, 5) is 0. The van der Waals surface area contributed by atoms with Crippen LogP contribution < -0.4 is 0 Å². The van der Waals surface area contributed by atoms with Crippen LogP contribution in [0.3, 0.4) is 0 Å². The molecule has 0 saturated heterocycles. The highest BCUT2D eigenvalue weighted by Gasteiger charge is 2.40. The molecule has 0 radical (unpaired) electrons. The van der Waals surface area contributed by atoms with Crippen molar-refractivity contribution in [2.24, 2.45) is 0 Å². The molecule has 0 bridgehead atoms. The molecule has 26 heavy (non-hydrogen) atoms. The third-order valence-electron chi connectivity index (χ3n) is 6.24. The summed E-state index contributed by atoms with van der Waals surface area (Å²) < 4.78 is 13.3. The van der Waals surface area contributed by atoms with Gasteiger partial charge < -0.3 is 8.85 Å². The van der Waals surface area contributed by atoms with Gasteiger partial charge in [-0.2, -0.15) is 0 Å². The molecule has 154 valence electrons. The minimum absolute atomic E-state index is 0.239. The van der Waals surface area contributed by atoms with Crippen LogP contribution in [0.15, 0.2) is 18.4 Å². The van der Waals surface area contributed by atoms with Crippen molar-refractivity contribution < 1.29 is 8.85 Å². The zero-order valence-corrected chi connectivity index (χ0v) is 21.6. The van der Waals surface area contributed by atoms with E-state index < -0.39 is 16.6 Å². The Balaban J connectivity index is 4.90. The van der Waals surface area contributed by atoms with Gasteiger partial charge >= 0.3 is 0 Å². The smallest absolute Gasteiger partial charge is 0.192 e. The molecule has 0 aliphatic carbocycles. The van der Waals surface area contributed by atoms with Gasteiger partial charge in [0.25, 0.3) is 0 Å². The van der Waals surface area contributed by atoms with Crippen molar-refractivity contribution in [1.29, 1.82) is 0 Å². The Labute approximate surface area is 166 Å². The van der Waals surface area contributed by atoms with E-state index in [4.69, 9.17) is 8.85 Å². The Kier molecular flexibility index (Phi) is 9.84. The molecule has 0 N–H and O–H groups in total. The fourth-order valence-electron chi connectivity index (χ4n) is 2.39. The van der Waals surface area contributed by atoms with Crippen LogP contribution in [0.1, 0.15) is 74.1 Å². The monoisotopic (exact) mass is 398 g/mol. The lowest BCUT2D eigenvalue weighted by atomic mass is 10.1. The molecule has 0 rings (SSSR count). The molecule has 0 aromatic carbocycles. The topological polar surface area (TPSA) is 18.5 Å². The van der Waals surface area contributed by atoms with Gasteiger partial charge in [0.15, 0.2) is 16.6 Å². The van der Waals surface area contributed by atoms with Gasteiger partial charge in [-0.05, 0) is 74.9 Å². The Morgan fingerprint density at radius 2 is 1.31 bits per heavy atom. The Bertz CT molecular complexity index is 464. The second-order valence-electron chi connectivity index (χ2n) is 10.8. The average molecular weight is 399 g/mol. The molecule has 0 heterocycles. The summed E-state index contributed by atoms with van der Waals surface area (Å²) in [6, 6.07) is 0. The second-order valence-corrected chi connectivity index (χ2v) is 20.3. The van der Waals surface area contributed by atoms with Gasteiger partial charge in [0, 0.05) is 12.2 Å². The van der Waals surface area contributed by atoms with Crippen molar-refractivity contribution in [3.8, 4) is 0 Å². The van der Waals surface area contributed by atoms with Gasteiger partial charge in [-0.15, -0.1) is 5.73 Å². The van der Waals surface area contributed by atoms with Crippen molar-refractivity contribution in [2.45, 2.75) is 123 Å². The van der Waals surface area contributed by atoms with Crippen LogP contribution in [0.25, 0.3) is 0 Å². The normalized spacial score (nSPS) is 16.1. The first kappa shape index (κ1) is 25.9. The van der Waals surface area contributed by atoms with Gasteiger partial charge in [0.1, 0.15) is 0 Å². The molecule has 0 aliphatic heterocycles. The number of hydrogen-bond acceptors (Lipinski definition) is 2. The molecule has 0 aromatic heterocycles. The first-order chi connectivity index (χ1) is 11.5. The first-order valence-corrected chi connectivity index (χ1v) is 16.0. The summed E-state index contributed by atoms with van der Waals surface area (Å²) in [5.41, 5.74) is 2.89. The summed E-state index contributed by atoms with van der Waals surface area (Å²) in [6.45, 7) is 29.1. The summed E-state index contributed by atoms with van der Waals surface area (Å²) >= 11 is 0. The second kappa shape index (κ2) is 9.88. The van der Waals surface area contributed by atoms with E-state index in [2.05, 4.69) is 87.0 Å². The van der Waals surface area contributed by atoms with E-state index in [0.29, 0.717) is 6.10 Å². The van der Waals surface area contributed by atoms with Crippen LogP contribution in [0.5, 0.6) is 0 Å². The largest absolute Gasteiger partial charge is 0.414 e. The predicted molar refractivity (Wildman–Crippen MR) is 122 cm³/mol. The van der Waals surface area contributed by atoms with E-state index in [-0.39, 0.29) is 16.2 Å². The molecule has 0 aromatic rings. The van der Waals surface area contributed by atoms with E-state index in [1.165, 1.54) is 0 Å². The van der Waals surface area contributed by atoms with E-state index in [0.717, 1.165) is 25.7 Å². The van der Waals surface area contributed by atoms with Crippen LogP contribution in [0.4, 0.5) is 0 Å². The molecular weight excluding hydrogens is 352 g/mol. The molecule has 2 nitrogen and oxygen atoms in total. The van der Waals surface area contributed by atoms with Gasteiger partial charge in [-0.25, -0.2) is 0 Å². The summed E-state index contributed by atoms with van der Waals surface area (Å²) in [5, 5.41) is 0.496. The zero-order valence-electron chi connectivity index (χ0n) is 19.6. The van der Waals surface area contributed by atoms with E-state index in [9.17, 15) is 0 Å². The summed E-state index contributed by atoms with van der Waals surface area (Å²) in [7, 11) is -3.46. The lowest BCUT2D eigenvalue weighted by molar-refractivity contribution is 0.126.